The van der Waals surface area contributed by atoms with E-state index < -0.39 is 42.1 Å². The van der Waals surface area contributed by atoms with Crippen LogP contribution in [0.5, 0.6) is 0 Å². The fraction of sp³-hybridized carbons (Fsp3) is 1.00. The quantitative estimate of drug-likeness (QED) is 0.674. The molecule has 2 saturated carbocycles. The summed E-state index contributed by atoms with van der Waals surface area (Å²) in [5.41, 5.74) is -6.72. The highest BCUT2D eigenvalue weighted by molar-refractivity contribution is 5.12. The average Bonchev–Trinajstić information content (AvgIpc) is 2.37. The van der Waals surface area contributed by atoms with Gasteiger partial charge in [0.2, 0.25) is 0 Å². The van der Waals surface area contributed by atoms with Crippen LogP contribution in [-0.2, 0) is 0 Å². The average molecular weight is 332 g/mol. The number of alkyl halides is 6. The van der Waals surface area contributed by atoms with Crippen molar-refractivity contribution in [3.63, 3.8) is 0 Å². The second-order valence-corrected chi connectivity index (χ2v) is 6.73. The Labute approximate surface area is 126 Å². The molecule has 2 fully saturated rings. The first-order valence-corrected chi connectivity index (χ1v) is 7.92. The van der Waals surface area contributed by atoms with E-state index in [2.05, 4.69) is 0 Å². The summed E-state index contributed by atoms with van der Waals surface area (Å²) in [6, 6.07) is 0. The maximum absolute atomic E-state index is 13.8. The lowest BCUT2D eigenvalue weighted by Crippen LogP contribution is -2.68. The number of hydrogen-bond donors (Lipinski definition) is 1. The first-order chi connectivity index (χ1) is 10.1. The number of aliphatic hydroxyl groups is 1. The molecule has 0 aliphatic heterocycles. The normalized spacial score (nSPS) is 25.2. The first kappa shape index (κ1) is 17.9. The molecule has 2 aliphatic rings. The molecule has 0 saturated heterocycles. The van der Waals surface area contributed by atoms with Crippen LogP contribution in [0.25, 0.3) is 0 Å². The van der Waals surface area contributed by atoms with E-state index in [4.69, 9.17) is 0 Å². The largest absolute Gasteiger partial charge is 0.406 e. The molecular weight excluding hydrogens is 310 g/mol. The van der Waals surface area contributed by atoms with Crippen molar-refractivity contribution in [2.75, 3.05) is 0 Å². The van der Waals surface area contributed by atoms with Gasteiger partial charge in [0.1, 0.15) is 0 Å². The Bertz CT molecular complexity index is 360. The third-order valence-electron chi connectivity index (χ3n) is 5.53. The minimum Gasteiger partial charge on any atom is -0.389 e. The van der Waals surface area contributed by atoms with Crippen molar-refractivity contribution < 1.29 is 31.4 Å². The van der Waals surface area contributed by atoms with Crippen LogP contribution in [0.15, 0.2) is 0 Å². The summed E-state index contributed by atoms with van der Waals surface area (Å²) in [5, 5.41) is 10.6. The molecule has 130 valence electrons. The van der Waals surface area contributed by atoms with Crippen LogP contribution in [0, 0.1) is 11.3 Å². The highest BCUT2D eigenvalue weighted by atomic mass is 19.4. The second kappa shape index (κ2) is 5.87. The maximum Gasteiger partial charge on any atom is 0.406 e. The Balaban J connectivity index is 2.59. The Morgan fingerprint density at radius 1 is 0.682 bits per heavy atom. The van der Waals surface area contributed by atoms with Gasteiger partial charge in [-0.2, -0.15) is 26.3 Å². The van der Waals surface area contributed by atoms with Crippen LogP contribution in [0.3, 0.4) is 0 Å². The Kier molecular flexibility index (Phi) is 4.78. The monoisotopic (exact) mass is 332 g/mol. The summed E-state index contributed by atoms with van der Waals surface area (Å²) >= 11 is 0. The van der Waals surface area contributed by atoms with Crippen LogP contribution in [-0.4, -0.2) is 23.1 Å². The van der Waals surface area contributed by atoms with Gasteiger partial charge in [0.05, 0.1) is 5.60 Å². The van der Waals surface area contributed by atoms with Crippen molar-refractivity contribution in [3.05, 3.63) is 0 Å². The first-order valence-electron chi connectivity index (χ1n) is 7.92. The van der Waals surface area contributed by atoms with Crippen LogP contribution >= 0.6 is 0 Å². The molecule has 1 N–H and O–H groups in total. The second-order valence-electron chi connectivity index (χ2n) is 6.73. The molecule has 1 nitrogen and oxygen atoms in total. The van der Waals surface area contributed by atoms with E-state index in [0.717, 1.165) is 0 Å². The predicted octanol–water partition coefficient (Wildman–Crippen LogP) is 5.37. The van der Waals surface area contributed by atoms with Gasteiger partial charge in [-0.15, -0.1) is 0 Å². The Morgan fingerprint density at radius 3 is 1.50 bits per heavy atom. The lowest BCUT2D eigenvalue weighted by molar-refractivity contribution is -0.412. The molecule has 22 heavy (non-hydrogen) atoms. The van der Waals surface area contributed by atoms with E-state index in [1.807, 2.05) is 0 Å². The van der Waals surface area contributed by atoms with E-state index in [-0.39, 0.29) is 25.7 Å². The number of rotatable bonds is 2. The summed E-state index contributed by atoms with van der Waals surface area (Å²) in [6.07, 6.45) is -9.76. The predicted molar refractivity (Wildman–Crippen MR) is 69.2 cm³/mol. The van der Waals surface area contributed by atoms with Crippen molar-refractivity contribution in [1.29, 1.82) is 0 Å². The topological polar surface area (TPSA) is 20.2 Å². The fourth-order valence-corrected chi connectivity index (χ4v) is 4.60. The van der Waals surface area contributed by atoms with Gasteiger partial charge in [-0.3, -0.25) is 0 Å². The van der Waals surface area contributed by atoms with Crippen LogP contribution in [0.1, 0.15) is 64.2 Å². The van der Waals surface area contributed by atoms with E-state index in [1.165, 1.54) is 0 Å². The van der Waals surface area contributed by atoms with Gasteiger partial charge >= 0.3 is 12.4 Å². The summed E-state index contributed by atoms with van der Waals surface area (Å²) in [4.78, 5) is 0. The third kappa shape index (κ3) is 2.63. The number of halogens is 6. The van der Waals surface area contributed by atoms with Crippen LogP contribution in [0.2, 0.25) is 0 Å². The standard InChI is InChI=1S/C15H22F6O/c16-14(17,18)13(15(19,20)21,11-7-3-1-4-8-11)12(22)9-5-2-6-10-12/h11,22H,1-10H2. The molecule has 2 rings (SSSR count). The molecule has 0 amide bonds. The van der Waals surface area contributed by atoms with E-state index in [9.17, 15) is 31.4 Å². The zero-order valence-electron chi connectivity index (χ0n) is 12.4. The van der Waals surface area contributed by atoms with E-state index >= 15 is 0 Å². The highest BCUT2D eigenvalue weighted by Crippen LogP contribution is 2.66. The smallest absolute Gasteiger partial charge is 0.389 e. The van der Waals surface area contributed by atoms with Gasteiger partial charge in [0, 0.05) is 0 Å². The van der Waals surface area contributed by atoms with Crippen molar-refractivity contribution in [1.82, 2.24) is 0 Å². The number of hydrogen-bond acceptors (Lipinski definition) is 1. The molecule has 0 aromatic rings. The van der Waals surface area contributed by atoms with Gasteiger partial charge in [0.25, 0.3) is 0 Å². The molecule has 0 spiro atoms. The Morgan fingerprint density at radius 2 is 1.09 bits per heavy atom. The summed E-state index contributed by atoms with van der Waals surface area (Å²) in [7, 11) is 0. The van der Waals surface area contributed by atoms with E-state index in [0.29, 0.717) is 25.7 Å². The molecule has 0 bridgehead atoms. The lowest BCUT2D eigenvalue weighted by Gasteiger charge is -2.54. The zero-order chi connectivity index (χ0) is 16.6. The molecule has 0 aromatic carbocycles. The van der Waals surface area contributed by atoms with Crippen molar-refractivity contribution >= 4 is 0 Å². The van der Waals surface area contributed by atoms with Gasteiger partial charge in [0.15, 0.2) is 5.41 Å². The molecular formula is C15H22F6O. The molecule has 0 heterocycles. The molecule has 7 heteroatoms. The van der Waals surface area contributed by atoms with Crippen molar-refractivity contribution in [3.8, 4) is 0 Å². The molecule has 0 unspecified atom stereocenters. The minimum atomic E-state index is -5.50. The summed E-state index contributed by atoms with van der Waals surface area (Å²) in [5.74, 6) is -1.58. The zero-order valence-corrected chi connectivity index (χ0v) is 12.4. The van der Waals surface area contributed by atoms with Crippen molar-refractivity contribution in [2.45, 2.75) is 82.2 Å². The fourth-order valence-electron chi connectivity index (χ4n) is 4.60. The van der Waals surface area contributed by atoms with Gasteiger partial charge in [-0.05, 0) is 31.6 Å². The van der Waals surface area contributed by atoms with Gasteiger partial charge in [-0.25, -0.2) is 0 Å². The Hall–Kier alpha value is -0.460. The minimum absolute atomic E-state index is 0.124. The molecule has 0 radical (unpaired) electrons. The van der Waals surface area contributed by atoms with Gasteiger partial charge in [-0.1, -0.05) is 38.5 Å². The lowest BCUT2D eigenvalue weighted by atomic mass is 9.55. The van der Waals surface area contributed by atoms with Crippen LogP contribution in [0.4, 0.5) is 26.3 Å². The van der Waals surface area contributed by atoms with Crippen molar-refractivity contribution in [2.24, 2.45) is 11.3 Å². The summed E-state index contributed by atoms with van der Waals surface area (Å²) < 4.78 is 82.8. The maximum atomic E-state index is 13.8. The molecule has 0 atom stereocenters. The van der Waals surface area contributed by atoms with Crippen LogP contribution < -0.4 is 0 Å². The molecule has 0 aromatic heterocycles. The van der Waals surface area contributed by atoms with Gasteiger partial charge < -0.3 is 5.11 Å². The summed E-state index contributed by atoms with van der Waals surface area (Å²) in [6.45, 7) is 0. The third-order valence-corrected chi connectivity index (χ3v) is 5.53. The molecule has 2 aliphatic carbocycles. The van der Waals surface area contributed by atoms with E-state index in [1.54, 1.807) is 0 Å². The SMILES string of the molecule is OC1(C(C2CCCCC2)(C(F)(F)F)C(F)(F)F)CCCCC1. The highest BCUT2D eigenvalue weighted by Gasteiger charge is 2.81.